The Hall–Kier alpha value is -0.650. The summed E-state index contributed by atoms with van der Waals surface area (Å²) in [5, 5.41) is 9.02. The summed E-state index contributed by atoms with van der Waals surface area (Å²) in [6.45, 7) is 6.48. The zero-order valence-corrected chi connectivity index (χ0v) is 13.2. The lowest BCUT2D eigenvalue weighted by Gasteiger charge is -2.25. The average Bonchev–Trinajstić information content (AvgIpc) is 2.27. The number of carboxylic acid groups (broad SMARTS) is 1. The normalized spacial score (nSPS) is 13.5. The van der Waals surface area contributed by atoms with Gasteiger partial charge in [-0.3, -0.25) is 4.79 Å². The molecular weight excluding hydrogens is 242 g/mol. The molecule has 0 saturated carbocycles. The van der Waals surface area contributed by atoms with Gasteiger partial charge in [-0.25, -0.2) is 0 Å². The molecular formula is C14H31N3O2. The summed E-state index contributed by atoms with van der Waals surface area (Å²) in [7, 11) is 8.26. The van der Waals surface area contributed by atoms with Crippen molar-refractivity contribution in [1.82, 2.24) is 14.7 Å². The number of nitrogens with zero attached hydrogens (tertiary/aromatic N) is 3. The molecule has 0 spiro atoms. The van der Waals surface area contributed by atoms with Gasteiger partial charge in [0, 0.05) is 6.54 Å². The van der Waals surface area contributed by atoms with E-state index in [1.54, 1.807) is 6.92 Å². The van der Waals surface area contributed by atoms with E-state index in [-0.39, 0.29) is 5.92 Å². The zero-order valence-electron chi connectivity index (χ0n) is 13.2. The average molecular weight is 273 g/mol. The molecule has 0 aliphatic carbocycles. The lowest BCUT2D eigenvalue weighted by molar-refractivity contribution is -0.141. The van der Waals surface area contributed by atoms with Crippen molar-refractivity contribution in [3.63, 3.8) is 0 Å². The van der Waals surface area contributed by atoms with Gasteiger partial charge in [0.05, 0.1) is 5.92 Å². The monoisotopic (exact) mass is 273 g/mol. The van der Waals surface area contributed by atoms with Crippen LogP contribution in [0.4, 0.5) is 0 Å². The summed E-state index contributed by atoms with van der Waals surface area (Å²) < 4.78 is 0. The van der Waals surface area contributed by atoms with Crippen LogP contribution >= 0.6 is 0 Å². The molecule has 5 heteroatoms. The molecule has 114 valence electrons. The van der Waals surface area contributed by atoms with Crippen molar-refractivity contribution < 1.29 is 9.90 Å². The van der Waals surface area contributed by atoms with Gasteiger partial charge < -0.3 is 19.8 Å². The molecule has 0 aromatic heterocycles. The van der Waals surface area contributed by atoms with Crippen LogP contribution in [0.2, 0.25) is 0 Å². The molecule has 0 bridgehead atoms. The molecule has 0 amide bonds. The highest BCUT2D eigenvalue weighted by Crippen LogP contribution is 2.03. The number of carbonyl (C=O) groups is 1. The van der Waals surface area contributed by atoms with Crippen molar-refractivity contribution in [2.45, 2.75) is 19.8 Å². The molecule has 19 heavy (non-hydrogen) atoms. The van der Waals surface area contributed by atoms with E-state index < -0.39 is 5.97 Å². The van der Waals surface area contributed by atoms with Crippen molar-refractivity contribution in [2.75, 3.05) is 60.9 Å². The fourth-order valence-electron chi connectivity index (χ4n) is 1.98. The summed E-state index contributed by atoms with van der Waals surface area (Å²) >= 11 is 0. The Balaban J connectivity index is 4.09. The number of hydrogen-bond donors (Lipinski definition) is 1. The highest BCUT2D eigenvalue weighted by molar-refractivity contribution is 5.69. The van der Waals surface area contributed by atoms with E-state index in [1.165, 1.54) is 0 Å². The molecule has 5 nitrogen and oxygen atoms in total. The van der Waals surface area contributed by atoms with Crippen LogP contribution in [0.15, 0.2) is 0 Å². The van der Waals surface area contributed by atoms with Crippen LogP contribution in [0.1, 0.15) is 19.8 Å². The van der Waals surface area contributed by atoms with Gasteiger partial charge in [-0.15, -0.1) is 0 Å². The van der Waals surface area contributed by atoms with E-state index in [0.717, 1.165) is 39.0 Å². The van der Waals surface area contributed by atoms with Gasteiger partial charge in [-0.1, -0.05) is 6.92 Å². The lowest BCUT2D eigenvalue weighted by Crippen LogP contribution is -2.35. The fraction of sp³-hybridized carbons (Fsp3) is 0.929. The minimum absolute atomic E-state index is 0.293. The number of rotatable bonds is 11. The number of aliphatic carboxylic acids is 1. The maximum atomic E-state index is 11.0. The number of hydrogen-bond acceptors (Lipinski definition) is 4. The Morgan fingerprint density at radius 2 is 1.37 bits per heavy atom. The van der Waals surface area contributed by atoms with Gasteiger partial charge in [0.1, 0.15) is 0 Å². The second-order valence-corrected chi connectivity index (χ2v) is 5.85. The second-order valence-electron chi connectivity index (χ2n) is 5.85. The number of carboxylic acids is 1. The first kappa shape index (κ1) is 18.4. The maximum Gasteiger partial charge on any atom is 0.307 e. The molecule has 1 unspecified atom stereocenters. The van der Waals surface area contributed by atoms with Crippen LogP contribution in [0.3, 0.4) is 0 Å². The molecule has 0 rings (SSSR count). The van der Waals surface area contributed by atoms with E-state index in [4.69, 9.17) is 5.11 Å². The third kappa shape index (κ3) is 10.9. The topological polar surface area (TPSA) is 47.0 Å². The van der Waals surface area contributed by atoms with Crippen molar-refractivity contribution >= 4 is 5.97 Å². The summed E-state index contributed by atoms with van der Waals surface area (Å²) in [6.07, 6.45) is 2.17. The highest BCUT2D eigenvalue weighted by Gasteiger charge is 2.15. The Kier molecular flexibility index (Phi) is 9.83. The van der Waals surface area contributed by atoms with Gasteiger partial charge in [-0.05, 0) is 67.2 Å². The second kappa shape index (κ2) is 10.2. The largest absolute Gasteiger partial charge is 0.481 e. The molecule has 0 aliphatic rings. The van der Waals surface area contributed by atoms with Gasteiger partial charge >= 0.3 is 5.97 Å². The first-order chi connectivity index (χ1) is 8.82. The summed E-state index contributed by atoms with van der Waals surface area (Å²) in [5.41, 5.74) is 0. The molecule has 0 aromatic carbocycles. The first-order valence-corrected chi connectivity index (χ1v) is 7.07. The molecule has 1 N–H and O–H groups in total. The molecule has 0 heterocycles. The molecule has 1 atom stereocenters. The molecule has 0 saturated heterocycles. The molecule has 0 fully saturated rings. The van der Waals surface area contributed by atoms with Crippen LogP contribution < -0.4 is 0 Å². The van der Waals surface area contributed by atoms with E-state index in [9.17, 15) is 4.79 Å². The lowest BCUT2D eigenvalue weighted by atomic mass is 10.1. The molecule has 0 aromatic rings. The van der Waals surface area contributed by atoms with Crippen molar-refractivity contribution in [3.05, 3.63) is 0 Å². The Labute approximate surface area is 118 Å². The van der Waals surface area contributed by atoms with Crippen molar-refractivity contribution in [1.29, 1.82) is 0 Å². The van der Waals surface area contributed by atoms with Gasteiger partial charge in [-0.2, -0.15) is 0 Å². The van der Waals surface area contributed by atoms with E-state index >= 15 is 0 Å². The zero-order chi connectivity index (χ0) is 14.8. The smallest absolute Gasteiger partial charge is 0.307 e. The van der Waals surface area contributed by atoms with Gasteiger partial charge in [0.2, 0.25) is 0 Å². The van der Waals surface area contributed by atoms with E-state index in [1.807, 2.05) is 0 Å². The fourth-order valence-corrected chi connectivity index (χ4v) is 1.98. The Morgan fingerprint density at radius 1 is 0.947 bits per heavy atom. The summed E-state index contributed by atoms with van der Waals surface area (Å²) in [4.78, 5) is 17.6. The van der Waals surface area contributed by atoms with Gasteiger partial charge in [0.25, 0.3) is 0 Å². The Morgan fingerprint density at radius 3 is 1.68 bits per heavy atom. The van der Waals surface area contributed by atoms with Crippen LogP contribution in [-0.4, -0.2) is 86.7 Å². The van der Waals surface area contributed by atoms with Gasteiger partial charge in [0.15, 0.2) is 0 Å². The van der Waals surface area contributed by atoms with E-state index in [0.29, 0.717) is 6.54 Å². The predicted molar refractivity (Wildman–Crippen MR) is 79.6 cm³/mol. The highest BCUT2D eigenvalue weighted by atomic mass is 16.4. The predicted octanol–water partition coefficient (Wildman–Crippen LogP) is 0.913. The maximum absolute atomic E-state index is 11.0. The SMILES string of the molecule is CC(CN(CCCN(C)C)CCCN(C)C)C(=O)O. The van der Waals surface area contributed by atoms with Crippen molar-refractivity contribution in [2.24, 2.45) is 5.92 Å². The van der Waals surface area contributed by atoms with Crippen LogP contribution in [0.5, 0.6) is 0 Å². The summed E-state index contributed by atoms with van der Waals surface area (Å²) in [6, 6.07) is 0. The first-order valence-electron chi connectivity index (χ1n) is 7.07. The van der Waals surface area contributed by atoms with E-state index in [2.05, 4.69) is 42.9 Å². The van der Waals surface area contributed by atoms with Crippen LogP contribution in [0.25, 0.3) is 0 Å². The summed E-state index contributed by atoms with van der Waals surface area (Å²) in [5.74, 6) is -0.996. The minimum Gasteiger partial charge on any atom is -0.481 e. The Bertz CT molecular complexity index is 231. The molecule has 0 aliphatic heterocycles. The van der Waals surface area contributed by atoms with Crippen molar-refractivity contribution in [3.8, 4) is 0 Å². The quantitative estimate of drug-likeness (QED) is 0.606. The standard InChI is InChI=1S/C14H31N3O2/c1-13(14(18)19)12-17(10-6-8-15(2)3)11-7-9-16(4)5/h13H,6-12H2,1-5H3,(H,18,19). The van der Waals surface area contributed by atoms with Crippen LogP contribution in [-0.2, 0) is 4.79 Å². The third-order valence-corrected chi connectivity index (χ3v) is 3.11. The molecule has 0 radical (unpaired) electrons. The van der Waals surface area contributed by atoms with Crippen LogP contribution in [0, 0.1) is 5.92 Å². The third-order valence-electron chi connectivity index (χ3n) is 3.11. The minimum atomic E-state index is -0.704.